The Kier molecular flexibility index (Phi) is 2.53. The molecule has 2 N–H and O–H groups in total. The van der Waals surface area contributed by atoms with Crippen LogP contribution in [0.2, 0.25) is 0 Å². The lowest BCUT2D eigenvalue weighted by atomic mass is 10.1. The van der Waals surface area contributed by atoms with Crippen molar-refractivity contribution in [2.45, 2.75) is 6.54 Å². The number of nitrogens with zero attached hydrogens (tertiary/aromatic N) is 3. The number of benzene rings is 1. The van der Waals surface area contributed by atoms with Crippen molar-refractivity contribution in [1.82, 2.24) is 15.1 Å². The van der Waals surface area contributed by atoms with Crippen LogP contribution in [-0.2, 0) is 6.54 Å². The minimum Gasteiger partial charge on any atom is -0.508 e. The van der Waals surface area contributed by atoms with Crippen LogP contribution in [0.15, 0.2) is 41.4 Å². The molecule has 18 heavy (non-hydrogen) atoms. The summed E-state index contributed by atoms with van der Waals surface area (Å²) in [5.41, 5.74) is 0. The number of rotatable bonds is 3. The fourth-order valence-corrected chi connectivity index (χ4v) is 1.73. The molecule has 0 aliphatic heterocycles. The maximum Gasteiger partial charge on any atom is 0.213 e. The van der Waals surface area contributed by atoms with Crippen LogP contribution in [0.3, 0.4) is 0 Å². The summed E-state index contributed by atoms with van der Waals surface area (Å²) in [5.74, 6) is 1.43. The number of anilines is 1. The van der Waals surface area contributed by atoms with Gasteiger partial charge < -0.3 is 14.9 Å². The summed E-state index contributed by atoms with van der Waals surface area (Å²) in [6.07, 6.45) is 2.98. The van der Waals surface area contributed by atoms with E-state index < -0.39 is 0 Å². The second kappa shape index (κ2) is 4.33. The quantitative estimate of drug-likeness (QED) is 0.730. The minimum atomic E-state index is 0.207. The summed E-state index contributed by atoms with van der Waals surface area (Å²) in [6, 6.07) is 7.03. The summed E-state index contributed by atoms with van der Waals surface area (Å²) in [5, 5.41) is 18.2. The molecule has 3 rings (SSSR count). The number of phenols is 1. The summed E-state index contributed by atoms with van der Waals surface area (Å²) >= 11 is 0. The normalized spacial score (nSPS) is 10.7. The highest BCUT2D eigenvalue weighted by atomic mass is 16.5. The third-order valence-electron chi connectivity index (χ3n) is 2.57. The predicted octanol–water partition coefficient (Wildman–Crippen LogP) is 1.94. The molecule has 0 unspecified atom stereocenters. The van der Waals surface area contributed by atoms with E-state index in [1.165, 1.54) is 6.39 Å². The molecule has 0 atom stereocenters. The molecule has 6 nitrogen and oxygen atoms in total. The highest BCUT2D eigenvalue weighted by Crippen LogP contribution is 2.25. The first-order valence-corrected chi connectivity index (χ1v) is 5.40. The molecule has 0 fully saturated rings. The molecular formula is C12H10N4O2. The molecule has 0 radical (unpaired) electrons. The van der Waals surface area contributed by atoms with E-state index in [4.69, 9.17) is 0 Å². The molecule has 0 saturated carbocycles. The van der Waals surface area contributed by atoms with Gasteiger partial charge >= 0.3 is 0 Å². The Morgan fingerprint density at radius 3 is 3.00 bits per heavy atom. The lowest BCUT2D eigenvalue weighted by Gasteiger charge is -2.07. The Hall–Kier alpha value is -2.63. The molecule has 2 aromatic heterocycles. The first kappa shape index (κ1) is 10.5. The van der Waals surface area contributed by atoms with Gasteiger partial charge in [0.15, 0.2) is 5.82 Å². The van der Waals surface area contributed by atoms with Crippen LogP contribution in [0.5, 0.6) is 5.75 Å². The van der Waals surface area contributed by atoms with Gasteiger partial charge in [-0.15, -0.1) is 0 Å². The molecular weight excluding hydrogens is 232 g/mol. The van der Waals surface area contributed by atoms with Crippen LogP contribution in [0.25, 0.3) is 10.8 Å². The molecule has 0 amide bonds. The van der Waals surface area contributed by atoms with E-state index in [1.807, 2.05) is 12.1 Å². The number of hydrogen-bond donors (Lipinski definition) is 2. The van der Waals surface area contributed by atoms with Crippen LogP contribution >= 0.6 is 0 Å². The van der Waals surface area contributed by atoms with Gasteiger partial charge in [0.1, 0.15) is 11.6 Å². The van der Waals surface area contributed by atoms with Crippen LogP contribution in [-0.4, -0.2) is 20.2 Å². The molecule has 0 bridgehead atoms. The summed E-state index contributed by atoms with van der Waals surface area (Å²) < 4.78 is 4.65. The highest BCUT2D eigenvalue weighted by Gasteiger charge is 2.04. The van der Waals surface area contributed by atoms with Gasteiger partial charge in [0, 0.05) is 11.6 Å². The highest BCUT2D eigenvalue weighted by molar-refractivity contribution is 5.92. The van der Waals surface area contributed by atoms with Crippen molar-refractivity contribution in [2.24, 2.45) is 0 Å². The van der Waals surface area contributed by atoms with Crippen molar-refractivity contribution in [3.63, 3.8) is 0 Å². The van der Waals surface area contributed by atoms with E-state index in [0.717, 1.165) is 10.8 Å². The number of phenolic OH excluding ortho intramolecular Hbond substituents is 1. The number of hydrogen-bond acceptors (Lipinski definition) is 6. The van der Waals surface area contributed by atoms with E-state index in [9.17, 15) is 5.11 Å². The summed E-state index contributed by atoms with van der Waals surface area (Å²) in [7, 11) is 0. The third-order valence-corrected chi connectivity index (χ3v) is 2.57. The van der Waals surface area contributed by atoms with Crippen molar-refractivity contribution in [1.29, 1.82) is 0 Å². The minimum absolute atomic E-state index is 0.207. The summed E-state index contributed by atoms with van der Waals surface area (Å²) in [6.45, 7) is 0.415. The standard InChI is InChI=1S/C12H10N4O2/c17-9-2-1-8-3-4-13-12(10(8)5-9)14-6-11-15-7-18-16-11/h1-5,7,17H,6H2,(H,13,14). The fourth-order valence-electron chi connectivity index (χ4n) is 1.73. The number of pyridine rings is 1. The average Bonchev–Trinajstić information content (AvgIpc) is 2.89. The maximum absolute atomic E-state index is 9.51. The van der Waals surface area contributed by atoms with Gasteiger partial charge in [-0.05, 0) is 23.6 Å². The topological polar surface area (TPSA) is 84.1 Å². The zero-order valence-electron chi connectivity index (χ0n) is 9.37. The van der Waals surface area contributed by atoms with E-state index in [-0.39, 0.29) is 5.75 Å². The molecule has 0 spiro atoms. The van der Waals surface area contributed by atoms with Crippen LogP contribution in [0.1, 0.15) is 5.82 Å². The molecule has 2 heterocycles. The van der Waals surface area contributed by atoms with Crippen molar-refractivity contribution in [2.75, 3.05) is 5.32 Å². The molecule has 1 aromatic carbocycles. The Labute approximate surface area is 102 Å². The van der Waals surface area contributed by atoms with Crippen molar-refractivity contribution < 1.29 is 9.63 Å². The lowest BCUT2D eigenvalue weighted by molar-refractivity contribution is 0.411. The lowest BCUT2D eigenvalue weighted by Crippen LogP contribution is -2.03. The molecule has 90 valence electrons. The number of fused-ring (bicyclic) bond motifs is 1. The van der Waals surface area contributed by atoms with Crippen molar-refractivity contribution >= 4 is 16.6 Å². The van der Waals surface area contributed by atoms with Crippen molar-refractivity contribution in [3.05, 3.63) is 42.7 Å². The van der Waals surface area contributed by atoms with Gasteiger partial charge in [-0.1, -0.05) is 11.2 Å². The van der Waals surface area contributed by atoms with Gasteiger partial charge in [0.05, 0.1) is 6.54 Å². The second-order valence-electron chi connectivity index (χ2n) is 3.77. The maximum atomic E-state index is 9.51. The van der Waals surface area contributed by atoms with E-state index in [0.29, 0.717) is 18.2 Å². The van der Waals surface area contributed by atoms with Crippen LogP contribution < -0.4 is 5.32 Å². The Morgan fingerprint density at radius 2 is 2.17 bits per heavy atom. The first-order chi connectivity index (χ1) is 8.83. The monoisotopic (exact) mass is 242 g/mol. The van der Waals surface area contributed by atoms with Gasteiger partial charge in [-0.25, -0.2) is 4.98 Å². The number of aromatic nitrogens is 3. The average molecular weight is 242 g/mol. The third kappa shape index (κ3) is 1.95. The fraction of sp³-hybridized carbons (Fsp3) is 0.0833. The Morgan fingerprint density at radius 1 is 1.22 bits per heavy atom. The van der Waals surface area contributed by atoms with Crippen LogP contribution in [0.4, 0.5) is 5.82 Å². The Bertz CT molecular complexity index is 667. The second-order valence-corrected chi connectivity index (χ2v) is 3.77. The predicted molar refractivity (Wildman–Crippen MR) is 65.0 cm³/mol. The van der Waals surface area contributed by atoms with Crippen molar-refractivity contribution in [3.8, 4) is 5.75 Å². The van der Waals surface area contributed by atoms with Gasteiger partial charge in [0.25, 0.3) is 0 Å². The number of aromatic hydroxyl groups is 1. The largest absolute Gasteiger partial charge is 0.508 e. The molecule has 6 heteroatoms. The Balaban J connectivity index is 1.93. The van der Waals surface area contributed by atoms with E-state index in [1.54, 1.807) is 18.3 Å². The zero-order valence-corrected chi connectivity index (χ0v) is 9.37. The summed E-state index contributed by atoms with van der Waals surface area (Å²) in [4.78, 5) is 8.15. The smallest absolute Gasteiger partial charge is 0.213 e. The molecule has 0 aliphatic rings. The van der Waals surface area contributed by atoms with Gasteiger partial charge in [0.2, 0.25) is 6.39 Å². The zero-order chi connectivity index (χ0) is 12.4. The molecule has 0 aliphatic carbocycles. The van der Waals surface area contributed by atoms with Crippen LogP contribution in [0, 0.1) is 0 Å². The van der Waals surface area contributed by atoms with E-state index >= 15 is 0 Å². The van der Waals surface area contributed by atoms with Gasteiger partial charge in [-0.2, -0.15) is 4.98 Å². The van der Waals surface area contributed by atoms with E-state index in [2.05, 4.69) is 25.0 Å². The molecule has 3 aromatic rings. The SMILES string of the molecule is Oc1ccc2ccnc(NCc3ncon3)c2c1. The number of nitrogens with one attached hydrogen (secondary N) is 1. The molecule has 0 saturated heterocycles. The first-order valence-electron chi connectivity index (χ1n) is 5.40. The van der Waals surface area contributed by atoms with Gasteiger partial charge in [-0.3, -0.25) is 0 Å².